The lowest BCUT2D eigenvalue weighted by Gasteiger charge is -2.13. The van der Waals surface area contributed by atoms with Crippen molar-refractivity contribution < 1.29 is 9.84 Å². The first-order valence-electron chi connectivity index (χ1n) is 5.31. The van der Waals surface area contributed by atoms with E-state index in [0.717, 1.165) is 4.47 Å². The van der Waals surface area contributed by atoms with Crippen LogP contribution in [0, 0.1) is 0 Å². The van der Waals surface area contributed by atoms with Crippen molar-refractivity contribution in [2.24, 2.45) is 7.05 Å². The third kappa shape index (κ3) is 3.04. The topological polar surface area (TPSA) is 47.3 Å². The van der Waals surface area contributed by atoms with Crippen molar-refractivity contribution >= 4 is 27.5 Å². The van der Waals surface area contributed by atoms with Crippen LogP contribution in [0.25, 0.3) is 0 Å². The van der Waals surface area contributed by atoms with Crippen molar-refractivity contribution in [3.05, 3.63) is 45.7 Å². The summed E-state index contributed by atoms with van der Waals surface area (Å²) in [5.74, 6) is 0.625. The summed E-state index contributed by atoms with van der Waals surface area (Å²) >= 11 is 9.18. The van der Waals surface area contributed by atoms with Gasteiger partial charge in [0.05, 0.1) is 16.4 Å². The smallest absolute Gasteiger partial charge is 0.131 e. The van der Waals surface area contributed by atoms with Gasteiger partial charge in [0.25, 0.3) is 0 Å². The Morgan fingerprint density at radius 1 is 1.56 bits per heavy atom. The average Bonchev–Trinajstić information content (AvgIpc) is 2.66. The molecule has 0 saturated heterocycles. The van der Waals surface area contributed by atoms with Gasteiger partial charge in [-0.2, -0.15) is 5.10 Å². The van der Waals surface area contributed by atoms with Crippen LogP contribution < -0.4 is 4.74 Å². The van der Waals surface area contributed by atoms with E-state index in [-0.39, 0.29) is 6.61 Å². The molecular formula is C12H12BrClN2O2. The van der Waals surface area contributed by atoms with E-state index in [0.29, 0.717) is 16.5 Å². The number of aryl methyl sites for hydroxylation is 1. The fourth-order valence-electron chi connectivity index (χ4n) is 1.61. The summed E-state index contributed by atoms with van der Waals surface area (Å²) in [6, 6.07) is 7.05. The fraction of sp³-hybridized carbons (Fsp3) is 0.250. The number of nitrogens with zero attached hydrogens (tertiary/aromatic N) is 2. The summed E-state index contributed by atoms with van der Waals surface area (Å²) in [7, 11) is 1.77. The minimum absolute atomic E-state index is 0.137. The van der Waals surface area contributed by atoms with E-state index in [1.54, 1.807) is 42.2 Å². The highest BCUT2D eigenvalue weighted by Gasteiger charge is 2.16. The summed E-state index contributed by atoms with van der Waals surface area (Å²) in [4.78, 5) is 0. The molecule has 1 aromatic heterocycles. The van der Waals surface area contributed by atoms with Gasteiger partial charge in [-0.05, 0) is 34.1 Å². The van der Waals surface area contributed by atoms with Gasteiger partial charge in [-0.15, -0.1) is 0 Å². The van der Waals surface area contributed by atoms with Crippen molar-refractivity contribution in [3.8, 4) is 5.75 Å². The normalized spacial score (nSPS) is 12.4. The Kier molecular flexibility index (Phi) is 4.27. The minimum atomic E-state index is -0.758. The molecule has 0 aliphatic heterocycles. The zero-order valence-corrected chi connectivity index (χ0v) is 12.0. The second-order valence-corrected chi connectivity index (χ2v) is 5.08. The van der Waals surface area contributed by atoms with Gasteiger partial charge in [-0.25, -0.2) is 0 Å². The van der Waals surface area contributed by atoms with Crippen LogP contribution in [0.15, 0.2) is 34.9 Å². The predicted octanol–water partition coefficient (Wildman–Crippen LogP) is 2.95. The highest BCUT2D eigenvalue weighted by molar-refractivity contribution is 9.10. The van der Waals surface area contributed by atoms with Gasteiger partial charge >= 0.3 is 0 Å². The molecule has 1 atom stereocenters. The Hall–Kier alpha value is -1.04. The zero-order chi connectivity index (χ0) is 13.1. The minimum Gasteiger partial charge on any atom is -0.490 e. The standard InChI is InChI=1S/C12H12BrClN2O2/c1-16-12(10(13)6-15-16)11(17)7-18-9-4-2-3-8(14)5-9/h2-6,11,17H,7H2,1H3. The van der Waals surface area contributed by atoms with Gasteiger partial charge in [-0.3, -0.25) is 4.68 Å². The van der Waals surface area contributed by atoms with Crippen LogP contribution in [0.5, 0.6) is 5.75 Å². The van der Waals surface area contributed by atoms with Crippen molar-refractivity contribution in [1.82, 2.24) is 9.78 Å². The van der Waals surface area contributed by atoms with E-state index in [1.807, 2.05) is 0 Å². The molecule has 1 unspecified atom stereocenters. The molecule has 96 valence electrons. The Labute approximate surface area is 118 Å². The monoisotopic (exact) mass is 330 g/mol. The Morgan fingerprint density at radius 2 is 2.33 bits per heavy atom. The molecule has 0 saturated carbocycles. The molecule has 0 fully saturated rings. The number of hydrogen-bond acceptors (Lipinski definition) is 3. The number of halogens is 2. The van der Waals surface area contributed by atoms with Gasteiger partial charge in [0, 0.05) is 12.1 Å². The maximum atomic E-state index is 10.1. The van der Waals surface area contributed by atoms with E-state index in [9.17, 15) is 5.11 Å². The van der Waals surface area contributed by atoms with Crippen LogP contribution in [0.3, 0.4) is 0 Å². The van der Waals surface area contributed by atoms with Crippen LogP contribution in [0.2, 0.25) is 5.02 Å². The first-order chi connectivity index (χ1) is 8.58. The third-order valence-corrected chi connectivity index (χ3v) is 3.30. The molecule has 0 spiro atoms. The third-order valence-electron chi connectivity index (χ3n) is 2.46. The highest BCUT2D eigenvalue weighted by Crippen LogP contribution is 2.24. The zero-order valence-electron chi connectivity index (χ0n) is 9.68. The summed E-state index contributed by atoms with van der Waals surface area (Å²) in [5, 5.41) is 14.7. The SMILES string of the molecule is Cn1ncc(Br)c1C(O)COc1cccc(Cl)c1. The number of aromatic nitrogens is 2. The van der Waals surface area contributed by atoms with E-state index >= 15 is 0 Å². The molecule has 1 heterocycles. The summed E-state index contributed by atoms with van der Waals surface area (Å²) in [5.41, 5.74) is 0.678. The molecule has 0 aliphatic carbocycles. The molecule has 0 amide bonds. The Morgan fingerprint density at radius 3 is 2.94 bits per heavy atom. The van der Waals surface area contributed by atoms with Crippen LogP contribution in [-0.2, 0) is 7.05 Å². The summed E-state index contributed by atoms with van der Waals surface area (Å²) < 4.78 is 7.85. The summed E-state index contributed by atoms with van der Waals surface area (Å²) in [6.45, 7) is 0.137. The number of ether oxygens (including phenoxy) is 1. The molecular weight excluding hydrogens is 320 g/mol. The quantitative estimate of drug-likeness (QED) is 0.937. The van der Waals surface area contributed by atoms with Crippen molar-refractivity contribution in [1.29, 1.82) is 0 Å². The number of hydrogen-bond donors (Lipinski definition) is 1. The number of aliphatic hydroxyl groups is 1. The van der Waals surface area contributed by atoms with Crippen molar-refractivity contribution in [3.63, 3.8) is 0 Å². The average molecular weight is 332 g/mol. The van der Waals surface area contributed by atoms with E-state index < -0.39 is 6.10 Å². The molecule has 0 radical (unpaired) electrons. The second kappa shape index (κ2) is 5.73. The lowest BCUT2D eigenvalue weighted by atomic mass is 10.2. The first kappa shape index (κ1) is 13.4. The van der Waals surface area contributed by atoms with E-state index in [4.69, 9.17) is 16.3 Å². The fourth-order valence-corrected chi connectivity index (χ4v) is 2.40. The van der Waals surface area contributed by atoms with Crippen molar-refractivity contribution in [2.45, 2.75) is 6.10 Å². The maximum Gasteiger partial charge on any atom is 0.131 e. The largest absolute Gasteiger partial charge is 0.490 e. The number of aliphatic hydroxyl groups excluding tert-OH is 1. The second-order valence-electron chi connectivity index (χ2n) is 3.79. The van der Waals surface area contributed by atoms with Gasteiger partial charge in [0.15, 0.2) is 0 Å². The Bertz CT molecular complexity index is 525. The van der Waals surface area contributed by atoms with Gasteiger partial charge in [0.1, 0.15) is 18.5 Å². The highest BCUT2D eigenvalue weighted by atomic mass is 79.9. The molecule has 6 heteroatoms. The summed E-state index contributed by atoms with van der Waals surface area (Å²) in [6.07, 6.45) is 0.878. The van der Waals surface area contributed by atoms with Gasteiger partial charge in [-0.1, -0.05) is 17.7 Å². The van der Waals surface area contributed by atoms with Crippen LogP contribution in [-0.4, -0.2) is 21.5 Å². The van der Waals surface area contributed by atoms with Crippen LogP contribution >= 0.6 is 27.5 Å². The molecule has 4 nitrogen and oxygen atoms in total. The van der Waals surface area contributed by atoms with Crippen LogP contribution in [0.1, 0.15) is 11.8 Å². The molecule has 1 N–H and O–H groups in total. The Balaban J connectivity index is 2.03. The van der Waals surface area contributed by atoms with Gasteiger partial charge < -0.3 is 9.84 Å². The number of rotatable bonds is 4. The first-order valence-corrected chi connectivity index (χ1v) is 6.49. The molecule has 2 rings (SSSR count). The molecule has 0 aliphatic rings. The molecule has 18 heavy (non-hydrogen) atoms. The maximum absolute atomic E-state index is 10.1. The molecule has 2 aromatic rings. The molecule has 0 bridgehead atoms. The predicted molar refractivity (Wildman–Crippen MR) is 72.8 cm³/mol. The van der Waals surface area contributed by atoms with E-state index in [2.05, 4.69) is 21.0 Å². The molecule has 1 aromatic carbocycles. The van der Waals surface area contributed by atoms with Gasteiger partial charge in [0.2, 0.25) is 0 Å². The lowest BCUT2D eigenvalue weighted by Crippen LogP contribution is -2.14. The van der Waals surface area contributed by atoms with Crippen LogP contribution in [0.4, 0.5) is 0 Å². The van der Waals surface area contributed by atoms with Crippen molar-refractivity contribution in [2.75, 3.05) is 6.61 Å². The van der Waals surface area contributed by atoms with E-state index in [1.165, 1.54) is 0 Å². The number of benzene rings is 1. The lowest BCUT2D eigenvalue weighted by molar-refractivity contribution is 0.101.